The van der Waals surface area contributed by atoms with Crippen LogP contribution in [0.5, 0.6) is 5.75 Å². The Kier molecular flexibility index (Phi) is 6.48. The maximum absolute atomic E-state index is 12.9. The lowest BCUT2D eigenvalue weighted by Gasteiger charge is -2.09. The molecule has 2 aromatic rings. The maximum atomic E-state index is 12.9. The summed E-state index contributed by atoms with van der Waals surface area (Å²) in [5.74, 6) is -1.04. The Hall–Kier alpha value is -3.65. The van der Waals surface area contributed by atoms with Crippen molar-refractivity contribution in [3.8, 4) is 5.75 Å². The highest BCUT2D eigenvalue weighted by Crippen LogP contribution is 2.27. The van der Waals surface area contributed by atoms with Crippen LogP contribution in [0, 0.1) is 5.82 Å². The van der Waals surface area contributed by atoms with Gasteiger partial charge in [-0.1, -0.05) is 23.7 Å². The van der Waals surface area contributed by atoms with Crippen LogP contribution >= 0.6 is 11.6 Å². The molecular formula is C21H17ClFN3O4. The Morgan fingerprint density at radius 3 is 2.63 bits per heavy atom. The van der Waals surface area contributed by atoms with Crippen molar-refractivity contribution >= 4 is 41.2 Å². The number of rotatable bonds is 7. The molecule has 9 heteroatoms. The number of nitrogens with zero attached hydrogens (tertiary/aromatic N) is 1. The summed E-state index contributed by atoms with van der Waals surface area (Å²) in [6.07, 6.45) is 2.94. The summed E-state index contributed by atoms with van der Waals surface area (Å²) in [6, 6.07) is 9.51. The summed E-state index contributed by atoms with van der Waals surface area (Å²) in [4.78, 5) is 37.0. The Labute approximate surface area is 176 Å². The molecule has 30 heavy (non-hydrogen) atoms. The van der Waals surface area contributed by atoms with Gasteiger partial charge in [0.2, 0.25) is 0 Å². The van der Waals surface area contributed by atoms with Gasteiger partial charge in [-0.05, 0) is 48.0 Å². The molecule has 1 aliphatic heterocycles. The van der Waals surface area contributed by atoms with Crippen molar-refractivity contribution in [2.75, 3.05) is 18.5 Å². The van der Waals surface area contributed by atoms with Crippen molar-refractivity contribution < 1.29 is 23.5 Å². The second kappa shape index (κ2) is 9.23. The molecule has 0 aromatic heterocycles. The van der Waals surface area contributed by atoms with Crippen molar-refractivity contribution in [1.82, 2.24) is 10.2 Å². The van der Waals surface area contributed by atoms with Crippen molar-refractivity contribution in [3.05, 3.63) is 77.2 Å². The van der Waals surface area contributed by atoms with Crippen LogP contribution in [0.1, 0.15) is 5.56 Å². The molecule has 1 saturated heterocycles. The highest BCUT2D eigenvalue weighted by molar-refractivity contribution is 6.32. The molecule has 0 radical (unpaired) electrons. The molecule has 0 aliphatic carbocycles. The molecule has 3 rings (SSSR count). The van der Waals surface area contributed by atoms with E-state index in [0.29, 0.717) is 11.3 Å². The number of imide groups is 1. The molecule has 0 bridgehead atoms. The fourth-order valence-corrected chi connectivity index (χ4v) is 2.87. The first-order valence-corrected chi connectivity index (χ1v) is 9.18. The Morgan fingerprint density at radius 1 is 1.23 bits per heavy atom. The minimum Gasteiger partial charge on any atom is -0.482 e. The summed E-state index contributed by atoms with van der Waals surface area (Å²) >= 11 is 6.20. The fourth-order valence-electron chi connectivity index (χ4n) is 2.63. The third-order valence-corrected chi connectivity index (χ3v) is 4.32. The first kappa shape index (κ1) is 21.1. The van der Waals surface area contributed by atoms with Crippen LogP contribution in [0.4, 0.5) is 14.9 Å². The van der Waals surface area contributed by atoms with Crippen molar-refractivity contribution in [3.63, 3.8) is 0 Å². The number of hydrogen-bond donors (Lipinski definition) is 2. The minimum absolute atomic E-state index is 0.107. The van der Waals surface area contributed by atoms with Gasteiger partial charge in [0.1, 0.15) is 17.3 Å². The summed E-state index contributed by atoms with van der Waals surface area (Å²) in [6.45, 7) is 3.32. The Balaban J connectivity index is 1.62. The monoisotopic (exact) mass is 429 g/mol. The topological polar surface area (TPSA) is 87.7 Å². The maximum Gasteiger partial charge on any atom is 0.329 e. The zero-order valence-corrected chi connectivity index (χ0v) is 16.4. The molecule has 154 valence electrons. The van der Waals surface area contributed by atoms with Crippen LogP contribution in [0.15, 0.2) is 60.8 Å². The molecule has 0 atom stereocenters. The van der Waals surface area contributed by atoms with Gasteiger partial charge in [0.25, 0.3) is 11.8 Å². The van der Waals surface area contributed by atoms with E-state index in [2.05, 4.69) is 17.2 Å². The molecule has 0 spiro atoms. The average Bonchev–Trinajstić information content (AvgIpc) is 2.97. The molecule has 2 N–H and O–H groups in total. The van der Waals surface area contributed by atoms with Crippen molar-refractivity contribution in [2.45, 2.75) is 0 Å². The molecular weight excluding hydrogens is 413 g/mol. The van der Waals surface area contributed by atoms with Gasteiger partial charge in [0, 0.05) is 12.2 Å². The summed E-state index contributed by atoms with van der Waals surface area (Å²) in [5, 5.41) is 5.28. The lowest BCUT2D eigenvalue weighted by molar-refractivity contribution is -0.122. The fraction of sp³-hybridized carbons (Fsp3) is 0.0952. The zero-order valence-electron chi connectivity index (χ0n) is 15.7. The van der Waals surface area contributed by atoms with E-state index in [9.17, 15) is 18.8 Å². The molecule has 1 heterocycles. The highest BCUT2D eigenvalue weighted by atomic mass is 35.5. The quantitative estimate of drug-likeness (QED) is 0.400. The number of hydrogen-bond acceptors (Lipinski definition) is 4. The van der Waals surface area contributed by atoms with Crippen molar-refractivity contribution in [1.29, 1.82) is 0 Å². The number of urea groups is 1. The summed E-state index contributed by atoms with van der Waals surface area (Å²) in [5.41, 5.74) is 1.12. The van der Waals surface area contributed by atoms with Crippen LogP contribution in [0.2, 0.25) is 5.02 Å². The Bertz CT molecular complexity index is 1040. The number of carbonyl (C=O) groups is 3. The van der Waals surface area contributed by atoms with E-state index in [1.165, 1.54) is 42.5 Å². The first-order valence-electron chi connectivity index (χ1n) is 8.80. The van der Waals surface area contributed by atoms with E-state index in [0.717, 1.165) is 4.90 Å². The number of anilines is 1. The summed E-state index contributed by atoms with van der Waals surface area (Å²) < 4.78 is 18.3. The van der Waals surface area contributed by atoms with Crippen molar-refractivity contribution in [2.24, 2.45) is 0 Å². The third kappa shape index (κ3) is 5.03. The van der Waals surface area contributed by atoms with E-state index in [1.54, 1.807) is 12.1 Å². The van der Waals surface area contributed by atoms with E-state index in [-0.39, 0.29) is 29.6 Å². The number of amides is 4. The number of halogens is 2. The van der Waals surface area contributed by atoms with E-state index in [1.807, 2.05) is 0 Å². The van der Waals surface area contributed by atoms with Crippen LogP contribution in [0.3, 0.4) is 0 Å². The molecule has 4 amide bonds. The standard InChI is InChI=1S/C21H17ClFN3O4/c1-2-9-26-20(28)17(25-21(26)29)11-13-3-8-18(16(22)10-13)30-12-19(27)24-15-6-4-14(23)5-7-15/h2-8,10-11H,1,9,12H2,(H,24,27)(H,25,29)/b17-11+. The highest BCUT2D eigenvalue weighted by Gasteiger charge is 2.32. The number of carbonyl (C=O) groups excluding carboxylic acids is 3. The summed E-state index contributed by atoms with van der Waals surface area (Å²) in [7, 11) is 0. The van der Waals surface area contributed by atoms with Gasteiger partial charge in [0.15, 0.2) is 6.61 Å². The smallest absolute Gasteiger partial charge is 0.329 e. The molecule has 1 fully saturated rings. The predicted molar refractivity (Wildman–Crippen MR) is 110 cm³/mol. The van der Waals surface area contributed by atoms with Crippen LogP contribution < -0.4 is 15.4 Å². The lowest BCUT2D eigenvalue weighted by atomic mass is 10.2. The molecule has 0 saturated carbocycles. The number of ether oxygens (including phenoxy) is 1. The molecule has 0 unspecified atom stereocenters. The molecule has 1 aliphatic rings. The molecule has 2 aromatic carbocycles. The van der Waals surface area contributed by atoms with E-state index >= 15 is 0 Å². The van der Waals surface area contributed by atoms with Gasteiger partial charge in [0.05, 0.1) is 5.02 Å². The third-order valence-electron chi connectivity index (χ3n) is 4.03. The number of benzene rings is 2. The van der Waals surface area contributed by atoms with Gasteiger partial charge in [-0.3, -0.25) is 14.5 Å². The van der Waals surface area contributed by atoms with Crippen LogP contribution in [-0.2, 0) is 9.59 Å². The lowest BCUT2D eigenvalue weighted by Crippen LogP contribution is -2.30. The van der Waals surface area contributed by atoms with Gasteiger partial charge < -0.3 is 15.4 Å². The predicted octanol–water partition coefficient (Wildman–Crippen LogP) is 3.58. The first-order chi connectivity index (χ1) is 14.4. The van der Waals surface area contributed by atoms with E-state index < -0.39 is 23.7 Å². The molecule has 7 nitrogen and oxygen atoms in total. The second-order valence-corrected chi connectivity index (χ2v) is 6.63. The Morgan fingerprint density at radius 2 is 1.97 bits per heavy atom. The van der Waals surface area contributed by atoms with Gasteiger partial charge in [-0.25, -0.2) is 9.18 Å². The number of nitrogens with one attached hydrogen (secondary N) is 2. The van der Waals surface area contributed by atoms with Gasteiger partial charge in [-0.2, -0.15) is 0 Å². The van der Waals surface area contributed by atoms with Gasteiger partial charge in [-0.15, -0.1) is 6.58 Å². The minimum atomic E-state index is -0.524. The van der Waals surface area contributed by atoms with Gasteiger partial charge >= 0.3 is 6.03 Å². The van der Waals surface area contributed by atoms with E-state index in [4.69, 9.17) is 16.3 Å². The average molecular weight is 430 g/mol. The normalized spacial score (nSPS) is 14.6. The SMILES string of the molecule is C=CCN1C(=O)N/C(=C/c2ccc(OCC(=O)Nc3ccc(F)cc3)c(Cl)c2)C1=O. The van der Waals surface area contributed by atoms with Crippen LogP contribution in [0.25, 0.3) is 6.08 Å². The largest absolute Gasteiger partial charge is 0.482 e. The van der Waals surface area contributed by atoms with Crippen LogP contribution in [-0.4, -0.2) is 35.9 Å². The second-order valence-electron chi connectivity index (χ2n) is 6.23. The zero-order chi connectivity index (χ0) is 21.7.